The number of ketones is 1. The summed E-state index contributed by atoms with van der Waals surface area (Å²) in [5.74, 6) is -3.86. The van der Waals surface area contributed by atoms with Crippen LogP contribution < -0.4 is 0 Å². The number of carbonyl (C=O) groups is 1. The van der Waals surface area contributed by atoms with Crippen LogP contribution in [0.1, 0.15) is 65.2 Å². The highest BCUT2D eigenvalue weighted by molar-refractivity contribution is 5.92. The van der Waals surface area contributed by atoms with Crippen molar-refractivity contribution < 1.29 is 50.8 Å². The number of rotatable bonds is 6. The van der Waals surface area contributed by atoms with Crippen LogP contribution >= 0.6 is 0 Å². The molecule has 0 saturated heterocycles. The Morgan fingerprint density at radius 2 is 1.74 bits per heavy atom. The van der Waals surface area contributed by atoms with E-state index < -0.39 is 59.9 Å². The number of hydrogen-bond donors (Lipinski definition) is 3. The van der Waals surface area contributed by atoms with Gasteiger partial charge in [0.15, 0.2) is 6.17 Å². The molecule has 11 heteroatoms. The van der Waals surface area contributed by atoms with E-state index in [0.717, 1.165) is 30.4 Å². The molecule has 0 bridgehead atoms. The number of fused-ring (bicyclic) bond motifs is 1. The molecule has 3 saturated carbocycles. The first-order valence-electron chi connectivity index (χ1n) is 12.8. The average molecular weight is 557 g/mol. The van der Waals surface area contributed by atoms with Gasteiger partial charge < -0.3 is 15.3 Å². The van der Waals surface area contributed by atoms with Crippen molar-refractivity contribution in [3.8, 4) is 0 Å². The minimum Gasteiger partial charge on any atom is -0.393 e. The summed E-state index contributed by atoms with van der Waals surface area (Å²) in [5.41, 5.74) is -3.79. The fraction of sp³-hybridized carbons (Fsp3) is 0.741. The van der Waals surface area contributed by atoms with E-state index in [2.05, 4.69) is 6.58 Å². The van der Waals surface area contributed by atoms with Crippen molar-refractivity contribution in [1.82, 2.24) is 0 Å². The summed E-state index contributed by atoms with van der Waals surface area (Å²) in [4.78, 5) is 12.0. The van der Waals surface area contributed by atoms with Gasteiger partial charge in [-0.2, -0.15) is 26.3 Å². The summed E-state index contributed by atoms with van der Waals surface area (Å²) in [6.45, 7) is 7.40. The van der Waals surface area contributed by atoms with E-state index in [-0.39, 0.29) is 18.3 Å². The maximum Gasteiger partial charge on any atom is 0.433 e. The Hall–Kier alpha value is -1.72. The van der Waals surface area contributed by atoms with E-state index in [4.69, 9.17) is 0 Å². The van der Waals surface area contributed by atoms with Crippen molar-refractivity contribution in [2.45, 2.75) is 102 Å². The summed E-state index contributed by atoms with van der Waals surface area (Å²) in [6, 6.07) is 0. The van der Waals surface area contributed by atoms with Gasteiger partial charge in [0.2, 0.25) is 5.78 Å². The molecule has 3 rings (SSSR count). The van der Waals surface area contributed by atoms with Crippen LogP contribution in [0.3, 0.4) is 0 Å². The molecule has 3 aliphatic rings. The Morgan fingerprint density at radius 1 is 1.13 bits per heavy atom. The van der Waals surface area contributed by atoms with Gasteiger partial charge in [-0.15, -0.1) is 0 Å². The molecule has 0 aromatic rings. The second-order valence-corrected chi connectivity index (χ2v) is 11.4. The molecular formula is C27H35F7O4. The molecule has 2 unspecified atom stereocenters. The summed E-state index contributed by atoms with van der Waals surface area (Å²) < 4.78 is 93.0. The molecule has 0 aliphatic heterocycles. The molecule has 3 aliphatic carbocycles. The van der Waals surface area contributed by atoms with Crippen LogP contribution in [0.15, 0.2) is 35.5 Å². The maximum absolute atomic E-state index is 14.7. The van der Waals surface area contributed by atoms with Crippen LogP contribution in [0.25, 0.3) is 0 Å². The topological polar surface area (TPSA) is 77.8 Å². The van der Waals surface area contributed by atoms with E-state index >= 15 is 0 Å². The van der Waals surface area contributed by atoms with Crippen LogP contribution in [0.2, 0.25) is 0 Å². The van der Waals surface area contributed by atoms with Gasteiger partial charge >= 0.3 is 18.0 Å². The van der Waals surface area contributed by atoms with Crippen LogP contribution in [0.5, 0.6) is 0 Å². The van der Waals surface area contributed by atoms with Crippen molar-refractivity contribution in [3.05, 3.63) is 35.5 Å². The van der Waals surface area contributed by atoms with E-state index in [9.17, 15) is 50.8 Å². The second kappa shape index (κ2) is 10.7. The Kier molecular flexibility index (Phi) is 8.67. The fourth-order valence-corrected chi connectivity index (χ4v) is 6.94. The molecule has 216 valence electrons. The number of alkyl halides is 7. The van der Waals surface area contributed by atoms with Gasteiger partial charge in [0.1, 0.15) is 0 Å². The number of carbonyl (C=O) groups excluding carboxylic acids is 1. The minimum absolute atomic E-state index is 0.0447. The molecule has 0 spiro atoms. The van der Waals surface area contributed by atoms with Gasteiger partial charge in [-0.3, -0.25) is 4.79 Å². The lowest BCUT2D eigenvalue weighted by molar-refractivity contribution is -0.351. The highest BCUT2D eigenvalue weighted by Gasteiger charge is 2.76. The highest BCUT2D eigenvalue weighted by Crippen LogP contribution is 2.60. The first-order chi connectivity index (χ1) is 17.3. The number of halogens is 7. The van der Waals surface area contributed by atoms with Gasteiger partial charge in [-0.25, -0.2) is 4.39 Å². The molecule has 4 nitrogen and oxygen atoms in total. The third-order valence-electron chi connectivity index (χ3n) is 9.03. The third-order valence-corrected chi connectivity index (χ3v) is 9.03. The minimum atomic E-state index is -6.41. The Morgan fingerprint density at radius 3 is 2.32 bits per heavy atom. The van der Waals surface area contributed by atoms with Crippen molar-refractivity contribution >= 4 is 5.78 Å². The van der Waals surface area contributed by atoms with Gasteiger partial charge in [0.25, 0.3) is 0 Å². The Labute approximate surface area is 217 Å². The molecule has 0 radical (unpaired) electrons. The van der Waals surface area contributed by atoms with Crippen molar-refractivity contribution in [2.75, 3.05) is 0 Å². The number of hydrogen-bond acceptors (Lipinski definition) is 4. The molecule has 38 heavy (non-hydrogen) atoms. The van der Waals surface area contributed by atoms with Crippen LogP contribution in [0.4, 0.5) is 30.7 Å². The van der Waals surface area contributed by atoms with E-state index in [1.54, 1.807) is 0 Å². The van der Waals surface area contributed by atoms with Gasteiger partial charge in [-0.1, -0.05) is 38.2 Å². The zero-order chi connectivity index (χ0) is 28.8. The molecule has 0 amide bonds. The quantitative estimate of drug-likeness (QED) is 0.355. The second-order valence-electron chi connectivity index (χ2n) is 11.4. The predicted octanol–water partition coefficient (Wildman–Crippen LogP) is 5.92. The standard InChI is InChI=1S/C27H35F7O4/c1-14(11-21(28)23(37)25(38,26(29,30)31)27(32,33)34)19-8-9-20-16(5-4-10-24(19,20)3)6-7-17-12-18(35)13-22(36)15(17)2/h6-7,14,18-22,35-36,38H,2,4-5,8-13H2,1,3H3/b16-6?,17-7-/t14-,18-,19-,20?,21?,22-,24-/m1/s1. The molecule has 3 fully saturated rings. The first-order valence-corrected chi connectivity index (χ1v) is 12.8. The molecule has 7 atom stereocenters. The average Bonchev–Trinajstić information content (AvgIpc) is 3.15. The summed E-state index contributed by atoms with van der Waals surface area (Å²) in [5, 5.41) is 29.4. The molecular weight excluding hydrogens is 521 g/mol. The lowest BCUT2D eigenvalue weighted by atomic mass is 9.60. The molecule has 0 aromatic carbocycles. The highest BCUT2D eigenvalue weighted by atomic mass is 19.4. The van der Waals surface area contributed by atoms with Crippen LogP contribution in [-0.4, -0.2) is 57.4 Å². The van der Waals surface area contributed by atoms with Crippen LogP contribution in [-0.2, 0) is 4.79 Å². The summed E-state index contributed by atoms with van der Waals surface area (Å²) in [7, 11) is 0. The normalized spacial score (nSPS) is 34.9. The van der Waals surface area contributed by atoms with E-state index in [0.29, 0.717) is 24.8 Å². The fourth-order valence-electron chi connectivity index (χ4n) is 6.94. The zero-order valence-electron chi connectivity index (χ0n) is 21.4. The monoisotopic (exact) mass is 556 g/mol. The number of allylic oxidation sites excluding steroid dienone is 3. The Bertz CT molecular complexity index is 969. The molecule has 0 heterocycles. The van der Waals surface area contributed by atoms with Crippen molar-refractivity contribution in [1.29, 1.82) is 0 Å². The lowest BCUT2D eigenvalue weighted by Crippen LogP contribution is -2.64. The number of aliphatic hydroxyl groups excluding tert-OH is 2. The van der Waals surface area contributed by atoms with Gasteiger partial charge in [0, 0.05) is 6.42 Å². The number of Topliss-reactive ketones (excluding diaryl/α,β-unsaturated/α-hetero) is 1. The van der Waals surface area contributed by atoms with Gasteiger partial charge in [-0.05, 0) is 79.3 Å². The predicted molar refractivity (Wildman–Crippen MR) is 125 cm³/mol. The Balaban J connectivity index is 1.78. The third kappa shape index (κ3) is 5.47. The van der Waals surface area contributed by atoms with Crippen molar-refractivity contribution in [2.24, 2.45) is 23.2 Å². The maximum atomic E-state index is 14.7. The van der Waals surface area contributed by atoms with Crippen molar-refractivity contribution in [3.63, 3.8) is 0 Å². The first kappa shape index (κ1) is 30.8. The van der Waals surface area contributed by atoms with E-state index in [1.165, 1.54) is 6.92 Å². The lowest BCUT2D eigenvalue weighted by Gasteiger charge is -2.44. The molecule has 3 N–H and O–H groups in total. The molecule has 0 aromatic heterocycles. The summed E-state index contributed by atoms with van der Waals surface area (Å²) in [6.07, 6.45) is -10.5. The zero-order valence-corrected chi connectivity index (χ0v) is 21.4. The summed E-state index contributed by atoms with van der Waals surface area (Å²) >= 11 is 0. The van der Waals surface area contributed by atoms with E-state index in [1.807, 2.05) is 19.1 Å². The number of aliphatic hydroxyl groups is 3. The van der Waals surface area contributed by atoms with Gasteiger partial charge in [0.05, 0.1) is 12.2 Å². The largest absolute Gasteiger partial charge is 0.433 e. The SMILES string of the molecule is C=C1/C(=C\C=C2CCC[C@@]3(C)C2CC[C@@H]3[C@H](C)CC(F)C(=O)C(O)(C(F)(F)F)C(F)(F)F)C[C@@H](O)C[C@H]1O. The van der Waals surface area contributed by atoms with Crippen LogP contribution in [0, 0.1) is 23.2 Å². The smallest absolute Gasteiger partial charge is 0.393 e.